The Balaban J connectivity index is 1.88. The molecule has 0 spiro atoms. The highest BCUT2D eigenvalue weighted by atomic mass is 19.2. The van der Waals surface area contributed by atoms with E-state index >= 15 is 0 Å². The molecule has 16 heavy (non-hydrogen) atoms. The smallest absolute Gasteiger partial charge is 0.118 e. The van der Waals surface area contributed by atoms with Crippen molar-refractivity contribution in [3.8, 4) is 5.75 Å². The highest BCUT2D eigenvalue weighted by Crippen LogP contribution is 2.14. The topological polar surface area (TPSA) is 15.7 Å². The molecular weight excluding hydrogens is 207 g/mol. The van der Waals surface area contributed by atoms with Gasteiger partial charge in [-0.25, -0.2) is 0 Å². The van der Waals surface area contributed by atoms with Crippen molar-refractivity contribution in [1.29, 1.82) is 0 Å². The maximum atomic E-state index is 12.8. The van der Waals surface area contributed by atoms with Crippen molar-refractivity contribution in [2.75, 3.05) is 33.3 Å². The normalized spacial score (nSPS) is 18.6. The Bertz CT molecular complexity index is 320. The molecule has 1 aliphatic rings. The number of benzene rings is 1. The number of methoxy groups -OCH3 is 1. The minimum Gasteiger partial charge on any atom is -0.497 e. The number of nitrogens with zero attached hydrogens (tertiary/aromatic N) is 2. The second kappa shape index (κ2) is 5.27. The van der Waals surface area contributed by atoms with E-state index in [0.29, 0.717) is 13.1 Å². The molecule has 1 aromatic carbocycles. The van der Waals surface area contributed by atoms with Gasteiger partial charge in [-0.2, -0.15) is 0 Å². The highest BCUT2D eigenvalue weighted by Gasteiger charge is 2.15. The van der Waals surface area contributed by atoms with E-state index in [1.165, 1.54) is 5.56 Å². The Hall–Kier alpha value is -1.13. The van der Waals surface area contributed by atoms with Gasteiger partial charge in [-0.1, -0.05) is 12.1 Å². The van der Waals surface area contributed by atoms with E-state index in [2.05, 4.69) is 17.0 Å². The minimum atomic E-state index is 0.510. The van der Waals surface area contributed by atoms with Gasteiger partial charge in [-0.05, 0) is 17.7 Å². The molecule has 0 bridgehead atoms. The number of hydrogen-bond acceptors (Lipinski definition) is 3. The van der Waals surface area contributed by atoms with Crippen molar-refractivity contribution in [2.24, 2.45) is 0 Å². The zero-order valence-electron chi connectivity index (χ0n) is 9.53. The van der Waals surface area contributed by atoms with E-state index < -0.39 is 0 Å². The number of rotatable bonds is 3. The lowest BCUT2D eigenvalue weighted by molar-refractivity contribution is -0.0235. The molecule has 0 atom stereocenters. The van der Waals surface area contributed by atoms with Crippen LogP contribution in [0.25, 0.3) is 0 Å². The van der Waals surface area contributed by atoms with Gasteiger partial charge < -0.3 is 4.74 Å². The van der Waals surface area contributed by atoms with Crippen molar-refractivity contribution in [1.82, 2.24) is 10.0 Å². The van der Waals surface area contributed by atoms with E-state index in [-0.39, 0.29) is 0 Å². The first-order valence-electron chi connectivity index (χ1n) is 5.54. The summed E-state index contributed by atoms with van der Waals surface area (Å²) in [5.41, 5.74) is 1.24. The SMILES string of the molecule is COc1ccc(CN2CCN(F)CC2)cc1. The number of ether oxygens (including phenoxy) is 1. The molecule has 1 aliphatic heterocycles. The molecule has 0 radical (unpaired) electrons. The van der Waals surface area contributed by atoms with Crippen molar-refractivity contribution < 1.29 is 9.22 Å². The van der Waals surface area contributed by atoms with Gasteiger partial charge in [0.15, 0.2) is 0 Å². The monoisotopic (exact) mass is 224 g/mol. The number of piperazine rings is 1. The molecule has 1 fully saturated rings. The van der Waals surface area contributed by atoms with E-state index in [0.717, 1.165) is 30.5 Å². The van der Waals surface area contributed by atoms with E-state index in [9.17, 15) is 4.48 Å². The zero-order valence-corrected chi connectivity index (χ0v) is 9.53. The summed E-state index contributed by atoms with van der Waals surface area (Å²) in [7, 11) is 1.66. The maximum absolute atomic E-state index is 12.8. The van der Waals surface area contributed by atoms with Gasteiger partial charge in [0.05, 0.1) is 7.11 Å². The van der Waals surface area contributed by atoms with Gasteiger partial charge in [0, 0.05) is 32.7 Å². The Morgan fingerprint density at radius 2 is 1.75 bits per heavy atom. The summed E-state index contributed by atoms with van der Waals surface area (Å²) in [6.45, 7) is 3.50. The van der Waals surface area contributed by atoms with Crippen molar-refractivity contribution in [3.63, 3.8) is 0 Å². The van der Waals surface area contributed by atoms with Gasteiger partial charge in [-0.3, -0.25) is 4.90 Å². The molecule has 0 aliphatic carbocycles. The average molecular weight is 224 g/mol. The molecule has 2 rings (SSSR count). The Morgan fingerprint density at radius 3 is 2.31 bits per heavy atom. The first-order chi connectivity index (χ1) is 7.78. The molecule has 88 valence electrons. The lowest BCUT2D eigenvalue weighted by Gasteiger charge is -2.29. The van der Waals surface area contributed by atoms with Crippen LogP contribution >= 0.6 is 0 Å². The third-order valence-corrected chi connectivity index (χ3v) is 2.88. The van der Waals surface area contributed by atoms with Crippen LogP contribution in [0.3, 0.4) is 0 Å². The Labute approximate surface area is 95.3 Å². The lowest BCUT2D eigenvalue weighted by Crippen LogP contribution is -2.42. The number of halogens is 1. The summed E-state index contributed by atoms with van der Waals surface area (Å²) in [4.78, 5) is 2.26. The Morgan fingerprint density at radius 1 is 1.12 bits per heavy atom. The molecule has 0 aromatic heterocycles. The van der Waals surface area contributed by atoms with Crippen LogP contribution in [0.4, 0.5) is 4.48 Å². The van der Waals surface area contributed by atoms with E-state index in [4.69, 9.17) is 4.74 Å². The Kier molecular flexibility index (Phi) is 3.74. The van der Waals surface area contributed by atoms with Crippen molar-refractivity contribution >= 4 is 0 Å². The predicted molar refractivity (Wildman–Crippen MR) is 61.0 cm³/mol. The summed E-state index contributed by atoms with van der Waals surface area (Å²) in [6, 6.07) is 8.03. The van der Waals surface area contributed by atoms with Gasteiger partial charge in [0.1, 0.15) is 5.75 Å². The summed E-state index contributed by atoms with van der Waals surface area (Å²) in [5.74, 6) is 0.873. The van der Waals surface area contributed by atoms with Crippen LogP contribution in [-0.4, -0.2) is 43.3 Å². The van der Waals surface area contributed by atoms with Crippen LogP contribution in [0.15, 0.2) is 24.3 Å². The number of hydrogen-bond donors (Lipinski definition) is 0. The van der Waals surface area contributed by atoms with Gasteiger partial charge in [0.2, 0.25) is 0 Å². The van der Waals surface area contributed by atoms with Crippen molar-refractivity contribution in [2.45, 2.75) is 6.54 Å². The van der Waals surface area contributed by atoms with Crippen LogP contribution < -0.4 is 4.74 Å². The molecule has 4 heteroatoms. The van der Waals surface area contributed by atoms with Gasteiger partial charge in [-0.15, -0.1) is 9.60 Å². The lowest BCUT2D eigenvalue weighted by atomic mass is 10.2. The largest absolute Gasteiger partial charge is 0.497 e. The fourth-order valence-corrected chi connectivity index (χ4v) is 1.87. The molecule has 0 saturated carbocycles. The average Bonchev–Trinajstić information content (AvgIpc) is 2.33. The van der Waals surface area contributed by atoms with Gasteiger partial charge in [0.25, 0.3) is 0 Å². The van der Waals surface area contributed by atoms with E-state index in [1.54, 1.807) is 7.11 Å². The summed E-state index contributed by atoms with van der Waals surface area (Å²) in [6.07, 6.45) is 0. The molecule has 0 unspecified atom stereocenters. The molecule has 1 aromatic rings. The minimum absolute atomic E-state index is 0.510. The second-order valence-corrected chi connectivity index (χ2v) is 4.03. The quantitative estimate of drug-likeness (QED) is 0.727. The maximum Gasteiger partial charge on any atom is 0.118 e. The first kappa shape index (κ1) is 11.4. The molecular formula is C12H17FN2O. The zero-order chi connectivity index (χ0) is 11.4. The van der Waals surface area contributed by atoms with Gasteiger partial charge >= 0.3 is 0 Å². The molecule has 1 saturated heterocycles. The second-order valence-electron chi connectivity index (χ2n) is 4.03. The standard InChI is InChI=1S/C12H17FN2O/c1-16-12-4-2-11(3-5-12)10-14-6-8-15(13)9-7-14/h2-5H,6-10H2,1H3. The first-order valence-corrected chi connectivity index (χ1v) is 5.54. The van der Waals surface area contributed by atoms with Crippen LogP contribution in [0, 0.1) is 0 Å². The summed E-state index contributed by atoms with van der Waals surface area (Å²) < 4.78 is 17.9. The highest BCUT2D eigenvalue weighted by molar-refractivity contribution is 5.27. The molecule has 0 amide bonds. The molecule has 3 nitrogen and oxygen atoms in total. The summed E-state index contributed by atoms with van der Waals surface area (Å²) >= 11 is 0. The van der Waals surface area contributed by atoms with Crippen LogP contribution in [0.2, 0.25) is 0 Å². The van der Waals surface area contributed by atoms with Crippen LogP contribution in [-0.2, 0) is 6.54 Å². The third kappa shape index (κ3) is 2.93. The van der Waals surface area contributed by atoms with Crippen LogP contribution in [0.5, 0.6) is 5.75 Å². The molecule has 1 heterocycles. The predicted octanol–water partition coefficient (Wildman–Crippen LogP) is 1.70. The third-order valence-electron chi connectivity index (χ3n) is 2.88. The molecule has 0 N–H and O–H groups in total. The van der Waals surface area contributed by atoms with E-state index in [1.807, 2.05) is 12.1 Å². The fourth-order valence-electron chi connectivity index (χ4n) is 1.87. The van der Waals surface area contributed by atoms with Crippen molar-refractivity contribution in [3.05, 3.63) is 29.8 Å². The van der Waals surface area contributed by atoms with Crippen LogP contribution in [0.1, 0.15) is 5.56 Å². The summed E-state index contributed by atoms with van der Waals surface area (Å²) in [5, 5.41) is 0.879. The fraction of sp³-hybridized carbons (Fsp3) is 0.500.